The van der Waals surface area contributed by atoms with E-state index in [0.717, 1.165) is 36.5 Å². The maximum Gasteiger partial charge on any atom is 0.149 e. The van der Waals surface area contributed by atoms with Gasteiger partial charge in [0.2, 0.25) is 0 Å². The average molecular weight is 357 g/mol. The Balaban J connectivity index is 1.85. The molecule has 2 heterocycles. The zero-order valence-corrected chi connectivity index (χ0v) is 15.0. The van der Waals surface area contributed by atoms with Crippen LogP contribution in [0.1, 0.15) is 22.3 Å². The van der Waals surface area contributed by atoms with Gasteiger partial charge in [-0.25, -0.2) is 4.98 Å². The van der Waals surface area contributed by atoms with Crippen molar-refractivity contribution in [2.45, 2.75) is 19.5 Å². The van der Waals surface area contributed by atoms with Crippen molar-refractivity contribution in [3.63, 3.8) is 0 Å². The molecule has 6 heteroatoms. The number of hydrogen-bond acceptors (Lipinski definition) is 5. The van der Waals surface area contributed by atoms with E-state index in [-0.39, 0.29) is 5.15 Å². The number of rotatable bonds is 6. The van der Waals surface area contributed by atoms with Crippen molar-refractivity contribution in [1.82, 2.24) is 9.88 Å². The van der Waals surface area contributed by atoms with Crippen molar-refractivity contribution >= 4 is 17.4 Å². The normalized spacial score (nSPS) is 14.0. The summed E-state index contributed by atoms with van der Waals surface area (Å²) in [5.41, 5.74) is 3.85. The molecule has 130 valence electrons. The smallest absolute Gasteiger partial charge is 0.149 e. The summed E-state index contributed by atoms with van der Waals surface area (Å²) in [5, 5.41) is 13.1. The topological polar surface area (TPSA) is 61.2 Å². The molecule has 1 aliphatic rings. The number of nitrogens with zero attached hydrogens (tertiary/aromatic N) is 3. The fraction of sp³-hybridized carbons (Fsp3) is 0.368. The quantitative estimate of drug-likeness (QED) is 0.636. The van der Waals surface area contributed by atoms with Crippen LogP contribution in [0.15, 0.2) is 30.3 Å². The summed E-state index contributed by atoms with van der Waals surface area (Å²) in [5.74, 6) is 0.774. The molecular formula is C19H21ClN4O. The van der Waals surface area contributed by atoms with Gasteiger partial charge < -0.3 is 10.1 Å². The Morgan fingerprint density at radius 2 is 2.12 bits per heavy atom. The molecule has 2 aromatic rings. The Bertz CT molecular complexity index is 773. The first-order valence-electron chi connectivity index (χ1n) is 8.33. The largest absolute Gasteiger partial charge is 0.383 e. The van der Waals surface area contributed by atoms with Crippen molar-refractivity contribution in [1.29, 1.82) is 5.26 Å². The molecule has 1 aromatic carbocycles. The van der Waals surface area contributed by atoms with Crippen LogP contribution in [0.25, 0.3) is 0 Å². The van der Waals surface area contributed by atoms with E-state index in [2.05, 4.69) is 33.4 Å². The summed E-state index contributed by atoms with van der Waals surface area (Å²) >= 11 is 6.26. The molecular weight excluding hydrogens is 336 g/mol. The lowest BCUT2D eigenvalue weighted by atomic mass is 9.96. The number of aromatic nitrogens is 1. The first-order chi connectivity index (χ1) is 12.2. The number of fused-ring (bicyclic) bond motifs is 1. The number of halogens is 1. The lowest BCUT2D eigenvalue weighted by Gasteiger charge is -2.30. The van der Waals surface area contributed by atoms with Crippen molar-refractivity contribution in [2.24, 2.45) is 0 Å². The Labute approximate surface area is 153 Å². The molecule has 0 amide bonds. The molecule has 5 nitrogen and oxygen atoms in total. The maximum absolute atomic E-state index is 9.52. The van der Waals surface area contributed by atoms with Crippen molar-refractivity contribution in [2.75, 3.05) is 32.1 Å². The van der Waals surface area contributed by atoms with E-state index in [1.165, 1.54) is 5.56 Å². The number of pyridine rings is 1. The highest BCUT2D eigenvalue weighted by Gasteiger charge is 2.25. The Kier molecular flexibility index (Phi) is 5.87. The zero-order valence-electron chi connectivity index (χ0n) is 14.3. The van der Waals surface area contributed by atoms with Crippen LogP contribution in [-0.2, 0) is 24.2 Å². The minimum Gasteiger partial charge on any atom is -0.383 e. The van der Waals surface area contributed by atoms with Crippen molar-refractivity contribution < 1.29 is 4.74 Å². The van der Waals surface area contributed by atoms with E-state index in [9.17, 15) is 5.26 Å². The summed E-state index contributed by atoms with van der Waals surface area (Å²) < 4.78 is 5.08. The molecule has 0 aliphatic carbocycles. The van der Waals surface area contributed by atoms with E-state index in [1.54, 1.807) is 7.11 Å². The molecule has 0 saturated carbocycles. The number of nitrogens with one attached hydrogen (secondary N) is 1. The van der Waals surface area contributed by atoms with Crippen LogP contribution >= 0.6 is 11.6 Å². The average Bonchev–Trinajstić information content (AvgIpc) is 2.63. The molecule has 0 atom stereocenters. The number of anilines is 1. The van der Waals surface area contributed by atoms with E-state index < -0.39 is 0 Å². The van der Waals surface area contributed by atoms with Crippen LogP contribution in [0.3, 0.4) is 0 Å². The number of hydrogen-bond donors (Lipinski definition) is 1. The minimum atomic E-state index is 0.266. The highest BCUT2D eigenvalue weighted by atomic mass is 35.5. The predicted molar refractivity (Wildman–Crippen MR) is 98.6 cm³/mol. The molecule has 0 unspecified atom stereocenters. The Morgan fingerprint density at radius 1 is 1.32 bits per heavy atom. The third kappa shape index (κ3) is 4.10. The molecule has 0 radical (unpaired) electrons. The fourth-order valence-electron chi connectivity index (χ4n) is 3.16. The van der Waals surface area contributed by atoms with E-state index in [4.69, 9.17) is 16.3 Å². The van der Waals surface area contributed by atoms with Crippen LogP contribution in [0, 0.1) is 11.3 Å². The summed E-state index contributed by atoms with van der Waals surface area (Å²) in [7, 11) is 1.66. The van der Waals surface area contributed by atoms with Gasteiger partial charge in [-0.05, 0) is 17.5 Å². The molecule has 25 heavy (non-hydrogen) atoms. The van der Waals surface area contributed by atoms with Crippen LogP contribution < -0.4 is 5.32 Å². The Hall–Kier alpha value is -2.13. The van der Waals surface area contributed by atoms with Gasteiger partial charge in [0.25, 0.3) is 0 Å². The van der Waals surface area contributed by atoms with Gasteiger partial charge >= 0.3 is 0 Å². The second-order valence-electron chi connectivity index (χ2n) is 6.06. The molecule has 1 aliphatic heterocycles. The van der Waals surface area contributed by atoms with Crippen LogP contribution in [0.2, 0.25) is 5.15 Å². The van der Waals surface area contributed by atoms with Crippen LogP contribution in [-0.4, -0.2) is 36.7 Å². The highest BCUT2D eigenvalue weighted by molar-refractivity contribution is 6.30. The summed E-state index contributed by atoms with van der Waals surface area (Å²) in [6.07, 6.45) is 0.844. The first-order valence-corrected chi connectivity index (χ1v) is 8.71. The lowest BCUT2D eigenvalue weighted by Crippen LogP contribution is -2.32. The van der Waals surface area contributed by atoms with Gasteiger partial charge in [-0.15, -0.1) is 0 Å². The van der Waals surface area contributed by atoms with Crippen molar-refractivity contribution in [3.05, 3.63) is 57.7 Å². The SMILES string of the molecule is COCCNc1nc(Cl)c(C#N)c2c1CCN(Cc1ccccc1)C2. The van der Waals surface area contributed by atoms with Gasteiger partial charge in [0.05, 0.1) is 12.2 Å². The number of methoxy groups -OCH3 is 1. The number of ether oxygens (including phenoxy) is 1. The minimum absolute atomic E-state index is 0.266. The third-order valence-corrected chi connectivity index (χ3v) is 4.66. The second-order valence-corrected chi connectivity index (χ2v) is 6.42. The molecule has 1 aromatic heterocycles. The third-order valence-electron chi connectivity index (χ3n) is 4.39. The van der Waals surface area contributed by atoms with E-state index in [0.29, 0.717) is 25.3 Å². The predicted octanol–water partition coefficient (Wildman–Crippen LogP) is 3.22. The number of nitriles is 1. The summed E-state index contributed by atoms with van der Waals surface area (Å²) in [6, 6.07) is 12.6. The van der Waals surface area contributed by atoms with Crippen molar-refractivity contribution in [3.8, 4) is 6.07 Å². The monoisotopic (exact) mass is 356 g/mol. The molecule has 0 bridgehead atoms. The molecule has 0 fully saturated rings. The van der Waals surface area contributed by atoms with Gasteiger partial charge in [-0.1, -0.05) is 41.9 Å². The second kappa shape index (κ2) is 8.30. The fourth-order valence-corrected chi connectivity index (χ4v) is 3.40. The maximum atomic E-state index is 9.52. The Morgan fingerprint density at radius 3 is 2.84 bits per heavy atom. The lowest BCUT2D eigenvalue weighted by molar-refractivity contribution is 0.210. The number of benzene rings is 1. The van der Waals surface area contributed by atoms with E-state index >= 15 is 0 Å². The molecule has 1 N–H and O–H groups in total. The van der Waals surface area contributed by atoms with Crippen LogP contribution in [0.4, 0.5) is 5.82 Å². The highest BCUT2D eigenvalue weighted by Crippen LogP contribution is 2.32. The zero-order chi connectivity index (χ0) is 17.6. The standard InChI is InChI=1S/C19H21ClN4O/c1-25-10-8-22-19-15-7-9-24(12-14-5-3-2-4-6-14)13-17(15)16(11-21)18(20)23-19/h2-6H,7-10,12-13H2,1H3,(H,22,23). The van der Waals surface area contributed by atoms with Gasteiger partial charge in [0.1, 0.15) is 17.0 Å². The molecule has 0 saturated heterocycles. The summed E-state index contributed by atoms with van der Waals surface area (Å²) in [6.45, 7) is 3.74. The molecule has 0 spiro atoms. The van der Waals surface area contributed by atoms with Gasteiger partial charge in [-0.3, -0.25) is 4.90 Å². The van der Waals surface area contributed by atoms with Gasteiger partial charge in [-0.2, -0.15) is 5.26 Å². The van der Waals surface area contributed by atoms with Gasteiger partial charge in [0, 0.05) is 38.9 Å². The van der Waals surface area contributed by atoms with Crippen LogP contribution in [0.5, 0.6) is 0 Å². The van der Waals surface area contributed by atoms with E-state index in [1.807, 2.05) is 18.2 Å². The summed E-state index contributed by atoms with van der Waals surface area (Å²) in [4.78, 5) is 6.74. The van der Waals surface area contributed by atoms with Gasteiger partial charge in [0.15, 0.2) is 0 Å². The molecule has 3 rings (SSSR count). The first kappa shape index (κ1) is 17.7.